The van der Waals surface area contributed by atoms with Crippen molar-refractivity contribution in [2.75, 3.05) is 17.2 Å². The van der Waals surface area contributed by atoms with Crippen molar-refractivity contribution in [3.8, 4) is 11.1 Å². The number of hydrogen-bond acceptors (Lipinski definition) is 6. The van der Waals surface area contributed by atoms with Crippen LogP contribution in [0.3, 0.4) is 0 Å². The zero-order valence-corrected chi connectivity index (χ0v) is 25.9. The van der Waals surface area contributed by atoms with E-state index in [-0.39, 0.29) is 28.5 Å². The highest BCUT2D eigenvalue weighted by molar-refractivity contribution is 6.33. The Kier molecular flexibility index (Phi) is 8.40. The summed E-state index contributed by atoms with van der Waals surface area (Å²) in [4.78, 5) is 4.50. The van der Waals surface area contributed by atoms with Crippen LogP contribution in [0, 0.1) is 11.2 Å². The molecule has 2 unspecified atom stereocenters. The second-order valence-corrected chi connectivity index (χ2v) is 12.5. The van der Waals surface area contributed by atoms with Crippen molar-refractivity contribution in [1.82, 2.24) is 14.9 Å². The minimum Gasteiger partial charge on any atom is -0.383 e. The van der Waals surface area contributed by atoms with Gasteiger partial charge in [-0.15, -0.1) is 0 Å². The monoisotopic (exact) mass is 602 g/mol. The number of aromatic nitrogens is 2. The van der Waals surface area contributed by atoms with E-state index in [0.717, 1.165) is 59.6 Å². The van der Waals surface area contributed by atoms with Crippen molar-refractivity contribution >= 4 is 40.0 Å². The third-order valence-electron chi connectivity index (χ3n) is 8.78. The summed E-state index contributed by atoms with van der Waals surface area (Å²) in [6.45, 7) is 13.5. The van der Waals surface area contributed by atoms with Gasteiger partial charge >= 0.3 is 0 Å². The van der Waals surface area contributed by atoms with Crippen LogP contribution in [0.1, 0.15) is 52.5 Å². The molecule has 0 bridgehead atoms. The molecular weight excluding hydrogens is 563 g/mol. The maximum absolute atomic E-state index is 14.0. The molecule has 10 heteroatoms. The van der Waals surface area contributed by atoms with Gasteiger partial charge in [0.15, 0.2) is 0 Å². The molecule has 0 spiro atoms. The van der Waals surface area contributed by atoms with E-state index in [0.29, 0.717) is 10.6 Å². The summed E-state index contributed by atoms with van der Waals surface area (Å²) in [5, 5.41) is 15.3. The Morgan fingerprint density at radius 3 is 2.58 bits per heavy atom. The van der Waals surface area contributed by atoms with E-state index in [1.807, 2.05) is 22.8 Å². The number of rotatable bonds is 10. The predicted octanol–water partition coefficient (Wildman–Crippen LogP) is 7.03. The van der Waals surface area contributed by atoms with E-state index in [1.165, 1.54) is 18.2 Å². The Hall–Kier alpha value is -4.08. The molecule has 2 atom stereocenters. The second kappa shape index (κ2) is 11.9. The van der Waals surface area contributed by atoms with Gasteiger partial charge in [-0.3, -0.25) is 0 Å². The smallest absolute Gasteiger partial charge is 0.135 e. The number of nitrogens with two attached hydrogens (primary N) is 2. The van der Waals surface area contributed by atoms with E-state index >= 15 is 0 Å². The van der Waals surface area contributed by atoms with E-state index in [2.05, 4.69) is 78.5 Å². The van der Waals surface area contributed by atoms with Crippen LogP contribution in [-0.4, -0.2) is 33.6 Å². The van der Waals surface area contributed by atoms with Gasteiger partial charge in [0.1, 0.15) is 11.7 Å². The molecule has 5 rings (SSSR count). The maximum atomic E-state index is 14.0. The van der Waals surface area contributed by atoms with Crippen molar-refractivity contribution < 1.29 is 4.39 Å². The summed E-state index contributed by atoms with van der Waals surface area (Å²) in [7, 11) is 0. The van der Waals surface area contributed by atoms with Gasteiger partial charge in [0.05, 0.1) is 39.5 Å². The Labute approximate surface area is 257 Å². The fourth-order valence-electron chi connectivity index (χ4n) is 5.51. The average molecular weight is 603 g/mol. The van der Waals surface area contributed by atoms with E-state index in [4.69, 9.17) is 23.1 Å². The molecule has 7 N–H and O–H groups in total. The lowest BCUT2D eigenvalue weighted by Crippen LogP contribution is -2.51. The maximum Gasteiger partial charge on any atom is 0.135 e. The van der Waals surface area contributed by atoms with Crippen molar-refractivity contribution in [2.24, 2.45) is 21.9 Å². The lowest BCUT2D eigenvalue weighted by atomic mass is 9.75. The molecule has 2 aromatic heterocycles. The average Bonchev–Trinajstić information content (AvgIpc) is 3.48. The molecule has 0 radical (unpaired) electrons. The molecule has 8 nitrogen and oxygen atoms in total. The topological polar surface area (TPSA) is 118 Å². The summed E-state index contributed by atoms with van der Waals surface area (Å²) >= 11 is 6.31. The van der Waals surface area contributed by atoms with Gasteiger partial charge in [0, 0.05) is 47.1 Å². The minimum atomic E-state index is -0.447. The molecule has 0 amide bonds. The molecule has 1 fully saturated rings. The molecule has 2 aromatic carbocycles. The first kappa shape index (κ1) is 30.4. The molecule has 1 aliphatic rings. The number of aliphatic imine (C=N–C) groups is 1. The van der Waals surface area contributed by atoms with Crippen molar-refractivity contribution in [3.63, 3.8) is 0 Å². The van der Waals surface area contributed by atoms with Crippen molar-refractivity contribution in [2.45, 2.75) is 58.5 Å². The van der Waals surface area contributed by atoms with Crippen LogP contribution in [0.5, 0.6) is 0 Å². The van der Waals surface area contributed by atoms with Crippen LogP contribution in [0.4, 0.5) is 21.5 Å². The first-order chi connectivity index (χ1) is 20.4. The minimum absolute atomic E-state index is 0.0659. The number of hydrogen-bond donors (Lipinski definition) is 5. The number of halogens is 2. The first-order valence-corrected chi connectivity index (χ1v) is 14.9. The largest absolute Gasteiger partial charge is 0.383 e. The van der Waals surface area contributed by atoms with Gasteiger partial charge in [0.2, 0.25) is 0 Å². The second-order valence-electron chi connectivity index (χ2n) is 12.1. The molecule has 1 saturated carbocycles. The summed E-state index contributed by atoms with van der Waals surface area (Å²) < 4.78 is 15.8. The zero-order valence-electron chi connectivity index (χ0n) is 25.1. The van der Waals surface area contributed by atoms with Crippen molar-refractivity contribution in [1.29, 1.82) is 0 Å². The lowest BCUT2D eigenvalue weighted by Gasteiger charge is -2.39. The fraction of sp³-hybridized carbons (Fsp3) is 0.333. The van der Waals surface area contributed by atoms with E-state index in [1.54, 1.807) is 6.20 Å². The van der Waals surface area contributed by atoms with Crippen LogP contribution in [0.25, 0.3) is 16.6 Å². The molecule has 0 aliphatic heterocycles. The Morgan fingerprint density at radius 1 is 1.16 bits per heavy atom. The summed E-state index contributed by atoms with van der Waals surface area (Å²) in [6.07, 6.45) is 6.45. The molecule has 0 saturated heterocycles. The molecule has 226 valence electrons. The number of benzene rings is 2. The van der Waals surface area contributed by atoms with Crippen LogP contribution < -0.4 is 27.4 Å². The van der Waals surface area contributed by atoms with Gasteiger partial charge in [-0.2, -0.15) is 5.10 Å². The Morgan fingerprint density at radius 2 is 1.91 bits per heavy atom. The number of anilines is 2. The van der Waals surface area contributed by atoms with Crippen LogP contribution >= 0.6 is 11.6 Å². The van der Waals surface area contributed by atoms with Gasteiger partial charge in [-0.05, 0) is 62.1 Å². The summed E-state index contributed by atoms with van der Waals surface area (Å²) in [5.41, 5.74) is 18.1. The zero-order chi connectivity index (χ0) is 30.9. The van der Waals surface area contributed by atoms with Crippen molar-refractivity contribution in [3.05, 3.63) is 89.7 Å². The third kappa shape index (κ3) is 6.19. The van der Waals surface area contributed by atoms with Gasteiger partial charge in [-0.25, -0.2) is 13.9 Å². The lowest BCUT2D eigenvalue weighted by molar-refractivity contribution is 0.215. The molecule has 1 aliphatic carbocycles. The van der Waals surface area contributed by atoms with E-state index in [9.17, 15) is 4.39 Å². The highest BCUT2D eigenvalue weighted by atomic mass is 35.5. The number of fused-ring (bicyclic) bond motifs is 1. The Bertz CT molecular complexity index is 1670. The number of nitrogens with one attached hydrogen (secondary N) is 3. The standard InChI is InChI=1S/C33H40ClFN8/c1-6-15-38-20(2)40-24-10-7-21(8-11-24)22-16-28-30(42-29-13-14-33(5,37)32(29,3)4)25(18-39-43(28)19-22)31(36)41-27-17-23(35)9-12-26(27)34/h7-12,16-19,29,38,40,42H,2,6,13-15,37H2,1,3-5H3,(H2,36,41). The summed E-state index contributed by atoms with van der Waals surface area (Å²) in [5.74, 6) is 0.488. The third-order valence-corrected chi connectivity index (χ3v) is 9.10. The predicted molar refractivity (Wildman–Crippen MR) is 176 cm³/mol. The number of amidine groups is 1. The van der Waals surface area contributed by atoms with Crippen LogP contribution in [-0.2, 0) is 0 Å². The fourth-order valence-corrected chi connectivity index (χ4v) is 5.67. The summed E-state index contributed by atoms with van der Waals surface area (Å²) in [6, 6.07) is 14.3. The Balaban J connectivity index is 1.55. The quantitative estimate of drug-likeness (QED) is 0.0982. The molecule has 43 heavy (non-hydrogen) atoms. The van der Waals surface area contributed by atoms with Crippen LogP contribution in [0.15, 0.2) is 78.3 Å². The normalized spacial score (nSPS) is 19.9. The van der Waals surface area contributed by atoms with Gasteiger partial charge < -0.3 is 27.4 Å². The van der Waals surface area contributed by atoms with Gasteiger partial charge in [0.25, 0.3) is 0 Å². The highest BCUT2D eigenvalue weighted by Crippen LogP contribution is 2.46. The van der Waals surface area contributed by atoms with Crippen LogP contribution in [0.2, 0.25) is 5.02 Å². The number of nitrogens with zero attached hydrogens (tertiary/aromatic N) is 3. The molecule has 4 aromatic rings. The van der Waals surface area contributed by atoms with Gasteiger partial charge in [-0.1, -0.05) is 51.1 Å². The van der Waals surface area contributed by atoms with E-state index < -0.39 is 5.82 Å². The highest BCUT2D eigenvalue weighted by Gasteiger charge is 2.49. The molecule has 2 heterocycles. The SMILES string of the molecule is C=C(NCCC)Nc1ccc(-c2cc3c(NC4CCC(C)(N)C4(C)C)c(C(N)=Nc4cc(F)ccc4Cl)cnn3c2)cc1. The first-order valence-electron chi connectivity index (χ1n) is 14.6. The molecular formula is C33H40ClFN8.